The van der Waals surface area contributed by atoms with Crippen LogP contribution in [0.1, 0.15) is 5.56 Å². The summed E-state index contributed by atoms with van der Waals surface area (Å²) in [5.74, 6) is 1.69. The number of benzene rings is 4. The average Bonchev–Trinajstić information content (AvgIpc) is 3.19. The smallest absolute Gasteiger partial charge is 0.168 e. The Morgan fingerprint density at radius 1 is 0.571 bits per heavy atom. The number of nitrogens with zero attached hydrogens (tertiary/aromatic N) is 3. The lowest BCUT2D eigenvalue weighted by Gasteiger charge is -2.16. The van der Waals surface area contributed by atoms with Gasteiger partial charge in [-0.25, -0.2) is 0 Å². The van der Waals surface area contributed by atoms with Gasteiger partial charge in [-0.1, -0.05) is 97.1 Å². The molecule has 0 aliphatic carbocycles. The fourth-order valence-electron chi connectivity index (χ4n) is 3.71. The molecule has 0 aliphatic rings. The van der Waals surface area contributed by atoms with E-state index in [-0.39, 0.29) is 0 Å². The fraction of sp³-hybridized carbons (Fsp3) is 0.0400. The lowest BCUT2D eigenvalue weighted by atomic mass is 10.0. The number of aryl methyl sites for hydroxylation is 1. The van der Waals surface area contributed by atoms with Crippen LogP contribution in [0, 0.1) is 6.92 Å². The van der Waals surface area contributed by atoms with Crippen molar-refractivity contribution in [2.24, 2.45) is 0 Å². The topological polar surface area (TPSA) is 30.7 Å². The van der Waals surface area contributed by atoms with Crippen molar-refractivity contribution in [3.05, 3.63) is 103 Å². The van der Waals surface area contributed by atoms with E-state index in [4.69, 9.17) is 0 Å². The van der Waals surface area contributed by atoms with Crippen molar-refractivity contribution < 1.29 is 0 Å². The summed E-state index contributed by atoms with van der Waals surface area (Å²) >= 11 is 0. The van der Waals surface area contributed by atoms with Gasteiger partial charge in [0, 0.05) is 16.5 Å². The molecule has 0 radical (unpaired) electrons. The summed E-state index contributed by atoms with van der Waals surface area (Å²) in [6.45, 7) is 2.14. The molecule has 0 saturated carbocycles. The van der Waals surface area contributed by atoms with Gasteiger partial charge < -0.3 is 0 Å². The van der Waals surface area contributed by atoms with Crippen LogP contribution in [-0.2, 0) is 0 Å². The number of fused-ring (bicyclic) bond motifs is 1. The lowest BCUT2D eigenvalue weighted by molar-refractivity contribution is 1.07. The highest BCUT2D eigenvalue weighted by Gasteiger charge is 2.20. The van der Waals surface area contributed by atoms with E-state index >= 15 is 0 Å². The fourth-order valence-corrected chi connectivity index (χ4v) is 3.71. The number of aromatic nitrogens is 3. The Morgan fingerprint density at radius 2 is 1.11 bits per heavy atom. The quantitative estimate of drug-likeness (QED) is 0.391. The maximum Gasteiger partial charge on any atom is 0.168 e. The molecule has 0 bridgehead atoms. The van der Waals surface area contributed by atoms with Gasteiger partial charge in [0.1, 0.15) is 0 Å². The van der Waals surface area contributed by atoms with E-state index in [1.54, 1.807) is 0 Å². The molecule has 1 heterocycles. The second-order valence-electron chi connectivity index (χ2n) is 6.87. The van der Waals surface area contributed by atoms with Crippen LogP contribution < -0.4 is 0 Å². The molecule has 0 N–H and O–H groups in total. The van der Waals surface area contributed by atoms with Crippen LogP contribution >= 0.6 is 0 Å². The first-order valence-electron chi connectivity index (χ1n) is 9.38. The summed E-state index contributed by atoms with van der Waals surface area (Å²) < 4.78 is 2.20. The minimum Gasteiger partial charge on any atom is -0.274 e. The first kappa shape index (κ1) is 16.5. The molecule has 0 fully saturated rings. The number of hydrogen-bond donors (Lipinski definition) is 0. The third-order valence-electron chi connectivity index (χ3n) is 5.05. The molecule has 28 heavy (non-hydrogen) atoms. The summed E-state index contributed by atoms with van der Waals surface area (Å²) in [6, 6.07) is 33.3. The second-order valence-corrected chi connectivity index (χ2v) is 6.87. The normalized spacial score (nSPS) is 11.0. The van der Waals surface area contributed by atoms with Crippen LogP contribution in [0.5, 0.6) is 0 Å². The van der Waals surface area contributed by atoms with Gasteiger partial charge in [-0.05, 0) is 17.9 Å². The van der Waals surface area contributed by atoms with E-state index in [1.165, 1.54) is 16.3 Å². The molecule has 4 aromatic carbocycles. The van der Waals surface area contributed by atoms with Crippen molar-refractivity contribution in [2.45, 2.75) is 6.92 Å². The molecule has 134 valence electrons. The van der Waals surface area contributed by atoms with Crippen molar-refractivity contribution in [3.63, 3.8) is 0 Å². The van der Waals surface area contributed by atoms with Gasteiger partial charge >= 0.3 is 0 Å². The number of hydrogen-bond acceptors (Lipinski definition) is 2. The molecular formula is C25H19N3. The SMILES string of the molecule is Cc1ccc2ccccc2c1-n1c(-c2ccccc2)nnc1-c1ccccc1. The Morgan fingerprint density at radius 3 is 1.71 bits per heavy atom. The first-order chi connectivity index (χ1) is 13.8. The van der Waals surface area contributed by atoms with Crippen molar-refractivity contribution in [1.29, 1.82) is 0 Å². The molecule has 0 aliphatic heterocycles. The lowest BCUT2D eigenvalue weighted by Crippen LogP contribution is -2.03. The zero-order valence-corrected chi connectivity index (χ0v) is 15.6. The van der Waals surface area contributed by atoms with E-state index in [1.807, 2.05) is 36.4 Å². The summed E-state index contributed by atoms with van der Waals surface area (Å²) in [6.07, 6.45) is 0. The standard InChI is InChI=1S/C25H19N3/c1-18-16-17-19-10-8-9-15-22(19)23(18)28-24(20-11-4-2-5-12-20)26-27-25(28)21-13-6-3-7-14-21/h2-17H,1H3. The summed E-state index contributed by atoms with van der Waals surface area (Å²) in [4.78, 5) is 0. The molecule has 0 spiro atoms. The molecule has 0 atom stereocenters. The molecule has 3 nitrogen and oxygen atoms in total. The minimum absolute atomic E-state index is 0.846. The Hall–Kier alpha value is -3.72. The predicted molar refractivity (Wildman–Crippen MR) is 114 cm³/mol. The van der Waals surface area contributed by atoms with Crippen LogP contribution in [0.4, 0.5) is 0 Å². The maximum absolute atomic E-state index is 4.60. The van der Waals surface area contributed by atoms with E-state index in [9.17, 15) is 0 Å². The highest BCUT2D eigenvalue weighted by molar-refractivity contribution is 5.93. The van der Waals surface area contributed by atoms with E-state index in [2.05, 4.69) is 82.4 Å². The third-order valence-corrected chi connectivity index (χ3v) is 5.05. The maximum atomic E-state index is 4.60. The Bertz CT molecular complexity index is 1200. The Kier molecular flexibility index (Phi) is 3.99. The van der Waals surface area contributed by atoms with Crippen molar-refractivity contribution >= 4 is 10.8 Å². The highest BCUT2D eigenvalue weighted by atomic mass is 15.3. The van der Waals surface area contributed by atoms with E-state index < -0.39 is 0 Å². The third kappa shape index (κ3) is 2.69. The average molecular weight is 361 g/mol. The van der Waals surface area contributed by atoms with Gasteiger partial charge in [0.25, 0.3) is 0 Å². The molecule has 0 unspecified atom stereocenters. The van der Waals surface area contributed by atoms with Crippen molar-refractivity contribution in [1.82, 2.24) is 14.8 Å². The summed E-state index contributed by atoms with van der Waals surface area (Å²) in [5.41, 5.74) is 4.41. The largest absolute Gasteiger partial charge is 0.274 e. The Labute approximate surface area is 163 Å². The van der Waals surface area contributed by atoms with Gasteiger partial charge in [-0.15, -0.1) is 10.2 Å². The van der Waals surface area contributed by atoms with Gasteiger partial charge in [-0.2, -0.15) is 0 Å². The number of rotatable bonds is 3. The zero-order chi connectivity index (χ0) is 18.9. The summed E-state index contributed by atoms with van der Waals surface area (Å²) in [5, 5.41) is 11.6. The van der Waals surface area contributed by atoms with Crippen molar-refractivity contribution in [2.75, 3.05) is 0 Å². The van der Waals surface area contributed by atoms with Crippen LogP contribution in [0.3, 0.4) is 0 Å². The first-order valence-corrected chi connectivity index (χ1v) is 9.38. The predicted octanol–water partition coefficient (Wildman–Crippen LogP) is 6.06. The van der Waals surface area contributed by atoms with Gasteiger partial charge in [0.05, 0.1) is 5.69 Å². The van der Waals surface area contributed by atoms with Crippen molar-refractivity contribution in [3.8, 4) is 28.5 Å². The monoisotopic (exact) mass is 361 g/mol. The molecule has 5 rings (SSSR count). The minimum atomic E-state index is 0.846. The Balaban J connectivity index is 1.89. The van der Waals surface area contributed by atoms with Gasteiger partial charge in [0.2, 0.25) is 0 Å². The molecular weight excluding hydrogens is 342 g/mol. The van der Waals surface area contributed by atoms with Crippen LogP contribution in [0.25, 0.3) is 39.2 Å². The molecule has 0 saturated heterocycles. The second kappa shape index (κ2) is 6.78. The van der Waals surface area contributed by atoms with Gasteiger partial charge in [0.15, 0.2) is 11.6 Å². The molecule has 1 aromatic heterocycles. The van der Waals surface area contributed by atoms with E-state index in [0.29, 0.717) is 0 Å². The molecule has 0 amide bonds. The van der Waals surface area contributed by atoms with E-state index in [0.717, 1.165) is 28.5 Å². The highest BCUT2D eigenvalue weighted by Crippen LogP contribution is 2.34. The molecule has 3 heteroatoms. The van der Waals surface area contributed by atoms with Crippen LogP contribution in [0.2, 0.25) is 0 Å². The summed E-state index contributed by atoms with van der Waals surface area (Å²) in [7, 11) is 0. The van der Waals surface area contributed by atoms with Crippen LogP contribution in [-0.4, -0.2) is 14.8 Å². The van der Waals surface area contributed by atoms with Crippen LogP contribution in [0.15, 0.2) is 97.1 Å². The zero-order valence-electron chi connectivity index (χ0n) is 15.6. The molecule has 5 aromatic rings. The van der Waals surface area contributed by atoms with Gasteiger partial charge in [-0.3, -0.25) is 4.57 Å².